The van der Waals surface area contributed by atoms with E-state index in [0.717, 1.165) is 17.3 Å². The number of hydrogen-bond donors (Lipinski definition) is 0. The molecule has 0 aromatic carbocycles. The zero-order chi connectivity index (χ0) is 8.84. The second-order valence-electron chi connectivity index (χ2n) is 3.88. The second kappa shape index (κ2) is 2.34. The van der Waals surface area contributed by atoms with Gasteiger partial charge in [-0.2, -0.15) is 0 Å². The Morgan fingerprint density at radius 3 is 2.92 bits per heavy atom. The van der Waals surface area contributed by atoms with Crippen molar-refractivity contribution in [2.45, 2.75) is 25.7 Å². The van der Waals surface area contributed by atoms with Crippen LogP contribution in [0, 0.1) is 6.92 Å². The van der Waals surface area contributed by atoms with Crippen LogP contribution in [0.3, 0.4) is 0 Å². The predicted molar refractivity (Wildman–Crippen MR) is 51.9 cm³/mol. The van der Waals surface area contributed by atoms with E-state index in [1.807, 2.05) is 6.92 Å². The summed E-state index contributed by atoms with van der Waals surface area (Å²) in [6.07, 6.45) is 7.02. The largest absolute Gasteiger partial charge is 0.307 e. The highest BCUT2D eigenvalue weighted by Crippen LogP contribution is 2.39. The molecule has 0 bridgehead atoms. The van der Waals surface area contributed by atoms with E-state index in [2.05, 4.69) is 33.9 Å². The van der Waals surface area contributed by atoms with Crippen molar-refractivity contribution in [1.82, 2.24) is 9.38 Å². The molecule has 66 valence electrons. The first-order valence-corrected chi connectivity index (χ1v) is 4.78. The molecule has 3 rings (SSSR count). The lowest BCUT2D eigenvalue weighted by Gasteiger charge is -1.98. The average Bonchev–Trinajstić information content (AvgIpc) is 2.87. The Labute approximate surface area is 77.2 Å². The first-order valence-electron chi connectivity index (χ1n) is 4.78. The number of imidazole rings is 1. The Kier molecular flexibility index (Phi) is 1.29. The van der Waals surface area contributed by atoms with Crippen molar-refractivity contribution in [3.8, 4) is 0 Å². The summed E-state index contributed by atoms with van der Waals surface area (Å²) < 4.78 is 2.13. The smallest absolute Gasteiger partial charge is 0.136 e. The zero-order valence-electron chi connectivity index (χ0n) is 7.70. The van der Waals surface area contributed by atoms with Crippen LogP contribution < -0.4 is 0 Å². The zero-order valence-corrected chi connectivity index (χ0v) is 7.70. The molecule has 0 spiro atoms. The van der Waals surface area contributed by atoms with Gasteiger partial charge in [0.25, 0.3) is 0 Å². The number of rotatable bonds is 1. The van der Waals surface area contributed by atoms with Crippen molar-refractivity contribution in [2.24, 2.45) is 0 Å². The van der Waals surface area contributed by atoms with Gasteiger partial charge in [-0.15, -0.1) is 0 Å². The molecule has 2 heteroatoms. The normalized spacial score (nSPS) is 16.7. The molecule has 2 aromatic heterocycles. The van der Waals surface area contributed by atoms with Crippen LogP contribution in [0.2, 0.25) is 0 Å². The second-order valence-corrected chi connectivity index (χ2v) is 3.88. The minimum Gasteiger partial charge on any atom is -0.307 e. The van der Waals surface area contributed by atoms with Gasteiger partial charge >= 0.3 is 0 Å². The maximum absolute atomic E-state index is 4.40. The lowest BCUT2D eigenvalue weighted by Crippen LogP contribution is -1.86. The molecule has 2 aromatic rings. The maximum atomic E-state index is 4.40. The Bertz CT molecular complexity index is 452. The van der Waals surface area contributed by atoms with Gasteiger partial charge in [-0.3, -0.25) is 0 Å². The van der Waals surface area contributed by atoms with Crippen molar-refractivity contribution < 1.29 is 0 Å². The molecule has 2 nitrogen and oxygen atoms in total. The van der Waals surface area contributed by atoms with Gasteiger partial charge < -0.3 is 4.40 Å². The number of hydrogen-bond acceptors (Lipinski definition) is 1. The Morgan fingerprint density at radius 2 is 2.15 bits per heavy atom. The maximum Gasteiger partial charge on any atom is 0.136 e. The third kappa shape index (κ3) is 1.13. The van der Waals surface area contributed by atoms with E-state index in [9.17, 15) is 0 Å². The summed E-state index contributed by atoms with van der Waals surface area (Å²) in [5.41, 5.74) is 3.61. The molecule has 1 saturated carbocycles. The van der Waals surface area contributed by atoms with Gasteiger partial charge in [0.05, 0.1) is 5.69 Å². The van der Waals surface area contributed by atoms with E-state index < -0.39 is 0 Å². The molecule has 1 aliphatic carbocycles. The summed E-state index contributed by atoms with van der Waals surface area (Å²) in [4.78, 5) is 4.40. The van der Waals surface area contributed by atoms with Gasteiger partial charge in [-0.05, 0) is 37.3 Å². The average molecular weight is 172 g/mol. The summed E-state index contributed by atoms with van der Waals surface area (Å²) in [7, 11) is 0. The van der Waals surface area contributed by atoms with E-state index >= 15 is 0 Å². The summed E-state index contributed by atoms with van der Waals surface area (Å²) in [6, 6.07) is 4.32. The van der Waals surface area contributed by atoms with Crippen molar-refractivity contribution in [3.05, 3.63) is 35.8 Å². The third-order valence-corrected chi connectivity index (χ3v) is 2.64. The fraction of sp³-hybridized carbons (Fsp3) is 0.364. The van der Waals surface area contributed by atoms with Crippen LogP contribution in [0.1, 0.15) is 30.0 Å². The highest BCUT2D eigenvalue weighted by Gasteiger charge is 2.23. The lowest BCUT2D eigenvalue weighted by molar-refractivity contribution is 1.06. The number of aromatic nitrogens is 2. The van der Waals surface area contributed by atoms with E-state index in [4.69, 9.17) is 0 Å². The van der Waals surface area contributed by atoms with E-state index in [0.29, 0.717) is 0 Å². The van der Waals surface area contributed by atoms with Gasteiger partial charge in [0, 0.05) is 12.4 Å². The molecule has 0 N–H and O–H groups in total. The molecule has 1 aliphatic rings. The predicted octanol–water partition coefficient (Wildman–Crippen LogP) is 2.52. The lowest BCUT2D eigenvalue weighted by atomic mass is 10.2. The third-order valence-electron chi connectivity index (χ3n) is 2.64. The topological polar surface area (TPSA) is 17.3 Å². The monoisotopic (exact) mass is 172 g/mol. The van der Waals surface area contributed by atoms with Gasteiger partial charge in [-0.25, -0.2) is 4.98 Å². The molecular formula is C11H12N2. The van der Waals surface area contributed by atoms with Crippen LogP contribution in [0.5, 0.6) is 0 Å². The van der Waals surface area contributed by atoms with Gasteiger partial charge in [0.15, 0.2) is 0 Å². The van der Waals surface area contributed by atoms with Gasteiger partial charge in [0.1, 0.15) is 5.65 Å². The van der Waals surface area contributed by atoms with Gasteiger partial charge in [-0.1, -0.05) is 6.07 Å². The molecule has 0 atom stereocenters. The molecular weight excluding hydrogens is 160 g/mol. The first-order chi connectivity index (χ1) is 6.33. The van der Waals surface area contributed by atoms with Crippen LogP contribution in [0.4, 0.5) is 0 Å². The standard InChI is InChI=1S/C11H12N2/c1-8-6-13-7-10(9-2-3-9)4-5-11(13)12-8/h4-7,9H,2-3H2,1H3. The molecule has 1 fully saturated rings. The minimum atomic E-state index is 0.826. The van der Waals surface area contributed by atoms with Crippen LogP contribution >= 0.6 is 0 Å². The van der Waals surface area contributed by atoms with E-state index in [1.165, 1.54) is 18.4 Å². The minimum absolute atomic E-state index is 0.826. The van der Waals surface area contributed by atoms with Crippen LogP contribution in [-0.2, 0) is 0 Å². The fourth-order valence-electron chi connectivity index (χ4n) is 1.79. The Balaban J connectivity index is 2.20. The van der Waals surface area contributed by atoms with Crippen molar-refractivity contribution >= 4 is 5.65 Å². The molecule has 2 heterocycles. The number of fused-ring (bicyclic) bond motifs is 1. The summed E-state index contributed by atoms with van der Waals surface area (Å²) in [5, 5.41) is 0. The molecule has 13 heavy (non-hydrogen) atoms. The van der Waals surface area contributed by atoms with Crippen LogP contribution in [0.15, 0.2) is 24.5 Å². The Morgan fingerprint density at radius 1 is 1.31 bits per heavy atom. The quantitative estimate of drug-likeness (QED) is 0.646. The molecule has 0 saturated heterocycles. The number of pyridine rings is 1. The molecule has 0 amide bonds. The van der Waals surface area contributed by atoms with Crippen LogP contribution in [0.25, 0.3) is 5.65 Å². The summed E-state index contributed by atoms with van der Waals surface area (Å²) in [5.74, 6) is 0.826. The van der Waals surface area contributed by atoms with Crippen molar-refractivity contribution in [1.29, 1.82) is 0 Å². The van der Waals surface area contributed by atoms with Crippen molar-refractivity contribution in [3.63, 3.8) is 0 Å². The van der Waals surface area contributed by atoms with Crippen LogP contribution in [-0.4, -0.2) is 9.38 Å². The fourth-order valence-corrected chi connectivity index (χ4v) is 1.79. The SMILES string of the molecule is Cc1cn2cc(C3CC3)ccc2n1. The molecule has 0 radical (unpaired) electrons. The van der Waals surface area contributed by atoms with E-state index in [1.54, 1.807) is 0 Å². The molecule has 0 aliphatic heterocycles. The summed E-state index contributed by atoms with van der Waals surface area (Å²) >= 11 is 0. The highest BCUT2D eigenvalue weighted by molar-refractivity contribution is 5.42. The van der Waals surface area contributed by atoms with Gasteiger partial charge in [0.2, 0.25) is 0 Å². The number of nitrogens with zero attached hydrogens (tertiary/aromatic N) is 2. The Hall–Kier alpha value is -1.31. The number of aryl methyl sites for hydroxylation is 1. The first kappa shape index (κ1) is 7.13. The molecule has 0 unspecified atom stereocenters. The van der Waals surface area contributed by atoms with Crippen molar-refractivity contribution in [2.75, 3.05) is 0 Å². The summed E-state index contributed by atoms with van der Waals surface area (Å²) in [6.45, 7) is 2.03. The highest BCUT2D eigenvalue weighted by atomic mass is 15.0. The van der Waals surface area contributed by atoms with E-state index in [-0.39, 0.29) is 0 Å².